The standard InChI is InChI=1S/C20H28N2O2.C2HF3O2/c23-20(21-13-16-6-7-16)18-12-17-9-11-22(14-19(17)24-18)10-8-15-4-2-1-3-5-15;3-2(4,5)1(6)7/h1-5,16-19H,6-14H2,(H,21,23);(H,6,7)/t17-,18+,19-;/m0./s1. The van der Waals surface area contributed by atoms with Crippen LogP contribution in [0.4, 0.5) is 13.2 Å². The van der Waals surface area contributed by atoms with Crippen LogP contribution in [0, 0.1) is 11.8 Å². The SMILES string of the molecule is O=C(NCC1CC1)[C@H]1C[C@@H]2CCN(CCc3ccccc3)C[C@@H]2O1.O=C(O)C(F)(F)F. The molecule has 2 saturated heterocycles. The molecule has 3 fully saturated rings. The minimum atomic E-state index is -5.08. The van der Waals surface area contributed by atoms with Gasteiger partial charge in [-0.3, -0.25) is 4.79 Å². The number of aliphatic carboxylic acids is 1. The Morgan fingerprint density at radius 1 is 1.16 bits per heavy atom. The average Bonchev–Trinajstić information content (AvgIpc) is 3.47. The van der Waals surface area contributed by atoms with Gasteiger partial charge in [0, 0.05) is 19.6 Å². The first kappa shape index (κ1) is 23.5. The van der Waals surface area contributed by atoms with Crippen molar-refractivity contribution in [3.05, 3.63) is 35.9 Å². The zero-order valence-corrected chi connectivity index (χ0v) is 17.3. The number of carbonyl (C=O) groups is 2. The number of hydrogen-bond acceptors (Lipinski definition) is 4. The number of likely N-dealkylation sites (tertiary alicyclic amines) is 1. The van der Waals surface area contributed by atoms with Crippen LogP contribution < -0.4 is 5.32 Å². The number of nitrogens with zero attached hydrogens (tertiary/aromatic N) is 1. The van der Waals surface area contributed by atoms with E-state index in [-0.39, 0.29) is 18.1 Å². The van der Waals surface area contributed by atoms with Crippen LogP contribution in [0.3, 0.4) is 0 Å². The molecule has 1 saturated carbocycles. The molecule has 9 heteroatoms. The van der Waals surface area contributed by atoms with Gasteiger partial charge in [0.2, 0.25) is 5.91 Å². The van der Waals surface area contributed by atoms with E-state index in [4.69, 9.17) is 14.6 Å². The second kappa shape index (κ2) is 10.5. The van der Waals surface area contributed by atoms with Crippen LogP contribution in [0.15, 0.2) is 30.3 Å². The first-order valence-electron chi connectivity index (χ1n) is 10.7. The average molecular weight is 442 g/mol. The summed E-state index contributed by atoms with van der Waals surface area (Å²) >= 11 is 0. The fraction of sp³-hybridized carbons (Fsp3) is 0.636. The number of carbonyl (C=O) groups excluding carboxylic acids is 1. The maximum atomic E-state index is 12.3. The summed E-state index contributed by atoms with van der Waals surface area (Å²) in [4.78, 5) is 23.7. The van der Waals surface area contributed by atoms with E-state index < -0.39 is 12.1 Å². The molecule has 2 heterocycles. The predicted molar refractivity (Wildman–Crippen MR) is 107 cm³/mol. The quantitative estimate of drug-likeness (QED) is 0.709. The summed E-state index contributed by atoms with van der Waals surface area (Å²) in [6.07, 6.45) is 0.642. The highest BCUT2D eigenvalue weighted by Crippen LogP contribution is 2.34. The molecule has 3 aliphatic rings. The lowest BCUT2D eigenvalue weighted by Gasteiger charge is -2.34. The molecule has 172 valence electrons. The van der Waals surface area contributed by atoms with Crippen LogP contribution in [-0.4, -0.2) is 66.4 Å². The van der Waals surface area contributed by atoms with E-state index in [1.165, 1.54) is 18.4 Å². The van der Waals surface area contributed by atoms with Crippen molar-refractivity contribution in [1.29, 1.82) is 0 Å². The van der Waals surface area contributed by atoms with E-state index in [2.05, 4.69) is 40.5 Å². The topological polar surface area (TPSA) is 78.9 Å². The van der Waals surface area contributed by atoms with Gasteiger partial charge in [-0.05, 0) is 56.0 Å². The van der Waals surface area contributed by atoms with Crippen LogP contribution in [0.25, 0.3) is 0 Å². The van der Waals surface area contributed by atoms with Gasteiger partial charge in [0.05, 0.1) is 6.10 Å². The first-order valence-corrected chi connectivity index (χ1v) is 10.7. The Balaban J connectivity index is 0.000000339. The molecule has 2 aliphatic heterocycles. The Morgan fingerprint density at radius 2 is 1.84 bits per heavy atom. The summed E-state index contributed by atoms with van der Waals surface area (Å²) < 4.78 is 37.8. The fourth-order valence-corrected chi connectivity index (χ4v) is 3.98. The molecule has 0 radical (unpaired) electrons. The smallest absolute Gasteiger partial charge is 0.475 e. The highest BCUT2D eigenvalue weighted by atomic mass is 19.4. The Labute approximate surface area is 179 Å². The maximum Gasteiger partial charge on any atom is 0.490 e. The predicted octanol–water partition coefficient (Wildman–Crippen LogP) is 2.87. The molecule has 3 atom stereocenters. The van der Waals surface area contributed by atoms with Crippen LogP contribution >= 0.6 is 0 Å². The minimum absolute atomic E-state index is 0.118. The normalized spacial score (nSPS) is 25.8. The molecule has 0 unspecified atom stereocenters. The van der Waals surface area contributed by atoms with Crippen molar-refractivity contribution in [2.24, 2.45) is 11.8 Å². The van der Waals surface area contributed by atoms with E-state index >= 15 is 0 Å². The number of nitrogens with one attached hydrogen (secondary N) is 1. The lowest BCUT2D eigenvalue weighted by atomic mass is 9.91. The van der Waals surface area contributed by atoms with E-state index in [9.17, 15) is 18.0 Å². The third-order valence-electron chi connectivity index (χ3n) is 5.99. The van der Waals surface area contributed by atoms with Gasteiger partial charge in [0.15, 0.2) is 0 Å². The number of alkyl halides is 3. The molecule has 6 nitrogen and oxygen atoms in total. The van der Waals surface area contributed by atoms with Crippen LogP contribution in [0.1, 0.15) is 31.2 Å². The minimum Gasteiger partial charge on any atom is -0.475 e. The van der Waals surface area contributed by atoms with Gasteiger partial charge < -0.3 is 20.1 Å². The Kier molecular flexibility index (Phi) is 7.94. The molecule has 1 aromatic carbocycles. The monoisotopic (exact) mass is 442 g/mol. The summed E-state index contributed by atoms with van der Waals surface area (Å²) in [7, 11) is 0. The van der Waals surface area contributed by atoms with Crippen LogP contribution in [-0.2, 0) is 20.7 Å². The summed E-state index contributed by atoms with van der Waals surface area (Å²) in [6.45, 7) is 4.03. The number of hydrogen-bond donors (Lipinski definition) is 2. The Morgan fingerprint density at radius 3 is 2.45 bits per heavy atom. The number of benzene rings is 1. The van der Waals surface area contributed by atoms with E-state index in [1.807, 2.05) is 0 Å². The van der Waals surface area contributed by atoms with Gasteiger partial charge in [0.1, 0.15) is 6.10 Å². The number of halogens is 3. The molecule has 0 spiro atoms. The molecule has 1 amide bonds. The number of rotatable bonds is 6. The third kappa shape index (κ3) is 7.50. The molecule has 31 heavy (non-hydrogen) atoms. The number of fused-ring (bicyclic) bond motifs is 1. The van der Waals surface area contributed by atoms with Crippen molar-refractivity contribution in [2.45, 2.75) is 50.5 Å². The lowest BCUT2D eigenvalue weighted by molar-refractivity contribution is -0.192. The van der Waals surface area contributed by atoms with Gasteiger partial charge in [0.25, 0.3) is 0 Å². The Bertz CT molecular complexity index is 740. The molecule has 0 aromatic heterocycles. The van der Waals surface area contributed by atoms with E-state index in [0.29, 0.717) is 5.92 Å². The largest absolute Gasteiger partial charge is 0.490 e. The van der Waals surface area contributed by atoms with Crippen LogP contribution in [0.5, 0.6) is 0 Å². The Hall–Kier alpha value is -2.13. The number of ether oxygens (including phenoxy) is 1. The number of piperidine rings is 1. The molecular weight excluding hydrogens is 413 g/mol. The van der Waals surface area contributed by atoms with Crippen molar-refractivity contribution >= 4 is 11.9 Å². The van der Waals surface area contributed by atoms with E-state index in [0.717, 1.165) is 51.4 Å². The molecule has 1 aliphatic carbocycles. The van der Waals surface area contributed by atoms with Crippen molar-refractivity contribution < 1.29 is 32.6 Å². The van der Waals surface area contributed by atoms with Gasteiger partial charge in [-0.2, -0.15) is 13.2 Å². The summed E-state index contributed by atoms with van der Waals surface area (Å²) in [5.74, 6) is -1.35. The first-order chi connectivity index (χ1) is 14.7. The second-order valence-corrected chi connectivity index (χ2v) is 8.48. The van der Waals surface area contributed by atoms with Crippen molar-refractivity contribution in [2.75, 3.05) is 26.2 Å². The van der Waals surface area contributed by atoms with Gasteiger partial charge in [-0.15, -0.1) is 0 Å². The lowest BCUT2D eigenvalue weighted by Crippen LogP contribution is -2.43. The molecule has 1 aromatic rings. The molecule has 2 N–H and O–H groups in total. The van der Waals surface area contributed by atoms with Gasteiger partial charge in [-0.25, -0.2) is 4.79 Å². The van der Waals surface area contributed by atoms with Crippen LogP contribution in [0.2, 0.25) is 0 Å². The van der Waals surface area contributed by atoms with Crippen molar-refractivity contribution in [1.82, 2.24) is 10.2 Å². The van der Waals surface area contributed by atoms with E-state index in [1.54, 1.807) is 0 Å². The number of amides is 1. The zero-order valence-electron chi connectivity index (χ0n) is 17.3. The fourth-order valence-electron chi connectivity index (χ4n) is 3.98. The highest BCUT2D eigenvalue weighted by Gasteiger charge is 2.42. The third-order valence-corrected chi connectivity index (χ3v) is 5.99. The van der Waals surface area contributed by atoms with Crippen molar-refractivity contribution in [3.8, 4) is 0 Å². The molecule has 0 bridgehead atoms. The summed E-state index contributed by atoms with van der Waals surface area (Å²) in [6, 6.07) is 10.7. The number of carboxylic acids is 1. The summed E-state index contributed by atoms with van der Waals surface area (Å²) in [5.41, 5.74) is 1.39. The number of carboxylic acid groups (broad SMARTS) is 1. The molecular formula is C22H29F3N2O4. The van der Waals surface area contributed by atoms with Gasteiger partial charge in [-0.1, -0.05) is 30.3 Å². The van der Waals surface area contributed by atoms with Crippen molar-refractivity contribution in [3.63, 3.8) is 0 Å². The zero-order chi connectivity index (χ0) is 22.4. The highest BCUT2D eigenvalue weighted by molar-refractivity contribution is 5.81. The summed E-state index contributed by atoms with van der Waals surface area (Å²) in [5, 5.41) is 10.2. The van der Waals surface area contributed by atoms with Gasteiger partial charge >= 0.3 is 12.1 Å². The maximum absolute atomic E-state index is 12.3. The second-order valence-electron chi connectivity index (χ2n) is 8.48. The molecule has 4 rings (SSSR count).